The van der Waals surface area contributed by atoms with Crippen LogP contribution in [0.15, 0.2) is 0 Å². The van der Waals surface area contributed by atoms with E-state index in [4.69, 9.17) is 19.1 Å². The SMILES string of the molecule is C[C@H]1[C@@H](OC(=O)N2CC(C)(C(=O)N(C)C)C2)O[C@@H]2O[C@](C)(OO)CC[C@@H]3C2[C@H]1CC[C@H]3C. The summed E-state index contributed by atoms with van der Waals surface area (Å²) >= 11 is 0. The number of hydrogen-bond acceptors (Lipinski definition) is 7. The maximum Gasteiger partial charge on any atom is 0.412 e. The first kappa shape index (κ1) is 23.7. The van der Waals surface area contributed by atoms with Crippen molar-refractivity contribution in [2.24, 2.45) is 35.0 Å². The van der Waals surface area contributed by atoms with Crippen LogP contribution in [0.2, 0.25) is 0 Å². The van der Waals surface area contributed by atoms with Crippen LogP contribution in [0, 0.1) is 35.0 Å². The molecule has 4 aliphatic rings. The summed E-state index contributed by atoms with van der Waals surface area (Å²) in [4.78, 5) is 33.0. The van der Waals surface area contributed by atoms with Crippen molar-refractivity contribution in [3.63, 3.8) is 0 Å². The highest BCUT2D eigenvalue weighted by Crippen LogP contribution is 2.53. The monoisotopic (exact) mass is 454 g/mol. The van der Waals surface area contributed by atoms with Crippen LogP contribution in [0.5, 0.6) is 0 Å². The largest absolute Gasteiger partial charge is 0.419 e. The lowest BCUT2D eigenvalue weighted by atomic mass is 9.61. The smallest absolute Gasteiger partial charge is 0.412 e. The summed E-state index contributed by atoms with van der Waals surface area (Å²) in [6.07, 6.45) is 1.77. The zero-order valence-electron chi connectivity index (χ0n) is 20.1. The summed E-state index contributed by atoms with van der Waals surface area (Å²) in [5.41, 5.74) is -0.579. The number of hydrogen-bond donors (Lipinski definition) is 1. The normalized spacial score (nSPS) is 42.8. The van der Waals surface area contributed by atoms with Gasteiger partial charge in [0.25, 0.3) is 0 Å². The van der Waals surface area contributed by atoms with Crippen LogP contribution in [-0.2, 0) is 23.9 Å². The predicted octanol–water partition coefficient (Wildman–Crippen LogP) is 3.15. The van der Waals surface area contributed by atoms with Gasteiger partial charge in [-0.05, 0) is 44.4 Å². The van der Waals surface area contributed by atoms with E-state index in [1.165, 1.54) is 0 Å². The van der Waals surface area contributed by atoms with Crippen molar-refractivity contribution in [3.05, 3.63) is 0 Å². The molecule has 1 saturated carbocycles. The minimum absolute atomic E-state index is 0.00388. The molecular formula is C23H38N2O7. The molecule has 9 nitrogen and oxygen atoms in total. The number of likely N-dealkylation sites (tertiary alicyclic amines) is 1. The van der Waals surface area contributed by atoms with Gasteiger partial charge in [-0.2, -0.15) is 0 Å². The summed E-state index contributed by atoms with van der Waals surface area (Å²) in [5, 5.41) is 9.48. The molecule has 32 heavy (non-hydrogen) atoms. The van der Waals surface area contributed by atoms with Gasteiger partial charge in [-0.25, -0.2) is 14.9 Å². The first-order valence-corrected chi connectivity index (χ1v) is 11.8. The van der Waals surface area contributed by atoms with Crippen LogP contribution in [0.4, 0.5) is 4.79 Å². The molecule has 2 amide bonds. The summed E-state index contributed by atoms with van der Waals surface area (Å²) < 4.78 is 18.2. The maximum atomic E-state index is 12.8. The van der Waals surface area contributed by atoms with Crippen molar-refractivity contribution < 1.29 is 33.9 Å². The van der Waals surface area contributed by atoms with E-state index >= 15 is 0 Å². The number of amides is 2. The summed E-state index contributed by atoms with van der Waals surface area (Å²) in [7, 11) is 3.44. The zero-order chi connectivity index (χ0) is 23.4. The van der Waals surface area contributed by atoms with E-state index in [2.05, 4.69) is 13.8 Å². The highest BCUT2D eigenvalue weighted by Gasteiger charge is 2.56. The molecule has 0 aromatic rings. The minimum Gasteiger partial charge on any atom is -0.419 e. The number of carbonyl (C=O) groups is 2. The quantitative estimate of drug-likeness (QED) is 0.517. The molecule has 9 heteroatoms. The van der Waals surface area contributed by atoms with Gasteiger partial charge in [-0.15, -0.1) is 0 Å². The van der Waals surface area contributed by atoms with Gasteiger partial charge in [0.05, 0.1) is 5.41 Å². The highest BCUT2D eigenvalue weighted by atomic mass is 17.1. The molecule has 0 radical (unpaired) electrons. The first-order valence-electron chi connectivity index (χ1n) is 11.8. The van der Waals surface area contributed by atoms with Crippen molar-refractivity contribution in [2.75, 3.05) is 27.2 Å². The molecule has 3 saturated heterocycles. The fraction of sp³-hybridized carbons (Fsp3) is 0.913. The molecule has 0 aromatic carbocycles. The third-order valence-electron chi connectivity index (χ3n) is 8.33. The van der Waals surface area contributed by atoms with Crippen molar-refractivity contribution in [3.8, 4) is 0 Å². The van der Waals surface area contributed by atoms with Gasteiger partial charge >= 0.3 is 6.09 Å². The standard InChI is InChI=1S/C23H38N2O7/c1-13-7-8-16-14(2)18(29-19-17(16)15(13)9-10-23(4,31-19)32-28)30-21(27)25-11-22(3,12-25)20(26)24(5)6/h13-19,28H,7-12H2,1-6H3/t13-,14-,15+,16+,17?,18-,19-,23-/m1/s1. The van der Waals surface area contributed by atoms with Gasteiger partial charge in [0, 0.05) is 45.4 Å². The molecule has 4 fully saturated rings. The molecule has 0 bridgehead atoms. The Labute approximate surface area is 190 Å². The van der Waals surface area contributed by atoms with E-state index in [1.807, 2.05) is 6.92 Å². The Morgan fingerprint density at radius 1 is 1.09 bits per heavy atom. The Bertz CT molecular complexity index is 740. The average molecular weight is 455 g/mol. The Balaban J connectivity index is 1.46. The fourth-order valence-corrected chi connectivity index (χ4v) is 6.42. The van der Waals surface area contributed by atoms with E-state index in [-0.39, 0.29) is 17.7 Å². The number of carbonyl (C=O) groups excluding carboxylic acids is 2. The van der Waals surface area contributed by atoms with Crippen molar-refractivity contribution in [1.82, 2.24) is 9.80 Å². The molecular weight excluding hydrogens is 416 g/mol. The van der Waals surface area contributed by atoms with Crippen LogP contribution < -0.4 is 0 Å². The molecule has 3 heterocycles. The second kappa shape index (κ2) is 8.42. The minimum atomic E-state index is -1.15. The molecule has 182 valence electrons. The van der Waals surface area contributed by atoms with Crippen molar-refractivity contribution in [2.45, 2.75) is 71.7 Å². The Hall–Kier alpha value is -1.42. The van der Waals surface area contributed by atoms with Crippen LogP contribution >= 0.6 is 0 Å². The molecule has 4 rings (SSSR count). The van der Waals surface area contributed by atoms with Gasteiger partial charge in [0.15, 0.2) is 6.29 Å². The van der Waals surface area contributed by atoms with Gasteiger partial charge in [-0.3, -0.25) is 4.79 Å². The van der Waals surface area contributed by atoms with Gasteiger partial charge in [-0.1, -0.05) is 20.3 Å². The van der Waals surface area contributed by atoms with Gasteiger partial charge < -0.3 is 24.0 Å². The molecule has 1 N–H and O–H groups in total. The maximum absolute atomic E-state index is 12.8. The molecule has 0 spiro atoms. The summed E-state index contributed by atoms with van der Waals surface area (Å²) in [6.45, 7) is 8.58. The molecule has 3 aliphatic heterocycles. The zero-order valence-corrected chi connectivity index (χ0v) is 20.1. The first-order chi connectivity index (χ1) is 15.0. The van der Waals surface area contributed by atoms with E-state index in [1.54, 1.807) is 30.8 Å². The Kier molecular flexibility index (Phi) is 6.24. The highest BCUT2D eigenvalue weighted by molar-refractivity contribution is 5.85. The fourth-order valence-electron chi connectivity index (χ4n) is 6.42. The van der Waals surface area contributed by atoms with E-state index in [0.29, 0.717) is 37.3 Å². The number of ether oxygens (including phenoxy) is 3. The van der Waals surface area contributed by atoms with E-state index < -0.39 is 29.9 Å². The Morgan fingerprint density at radius 3 is 2.41 bits per heavy atom. The molecule has 1 unspecified atom stereocenters. The lowest BCUT2D eigenvalue weighted by Gasteiger charge is -2.52. The number of rotatable bonds is 3. The van der Waals surface area contributed by atoms with E-state index in [0.717, 1.165) is 19.3 Å². The average Bonchev–Trinajstić information content (AvgIpc) is 2.87. The van der Waals surface area contributed by atoms with Crippen molar-refractivity contribution in [1.29, 1.82) is 0 Å². The van der Waals surface area contributed by atoms with Crippen LogP contribution in [-0.4, -0.2) is 72.6 Å². The Morgan fingerprint density at radius 2 is 1.78 bits per heavy atom. The van der Waals surface area contributed by atoms with Crippen LogP contribution in [0.1, 0.15) is 53.4 Å². The predicted molar refractivity (Wildman–Crippen MR) is 114 cm³/mol. The van der Waals surface area contributed by atoms with E-state index in [9.17, 15) is 14.8 Å². The van der Waals surface area contributed by atoms with Crippen LogP contribution in [0.3, 0.4) is 0 Å². The lowest BCUT2D eigenvalue weighted by Crippen LogP contribution is -2.63. The molecule has 1 aliphatic carbocycles. The van der Waals surface area contributed by atoms with Crippen LogP contribution in [0.25, 0.3) is 0 Å². The lowest BCUT2D eigenvalue weighted by molar-refractivity contribution is -0.442. The van der Waals surface area contributed by atoms with Gasteiger partial charge in [0.1, 0.15) is 0 Å². The molecule has 8 atom stereocenters. The third kappa shape index (κ3) is 4.02. The summed E-state index contributed by atoms with van der Waals surface area (Å²) in [5.74, 6) is 0.289. The summed E-state index contributed by atoms with van der Waals surface area (Å²) in [6, 6.07) is 0. The topological polar surface area (TPSA) is 97.8 Å². The number of nitrogens with zero attached hydrogens (tertiary/aromatic N) is 2. The second-order valence-corrected chi connectivity index (χ2v) is 11.1. The van der Waals surface area contributed by atoms with Gasteiger partial charge in [0.2, 0.25) is 18.0 Å². The molecule has 0 aromatic heterocycles. The second-order valence-electron chi connectivity index (χ2n) is 11.1. The third-order valence-corrected chi connectivity index (χ3v) is 8.33. The van der Waals surface area contributed by atoms with Crippen molar-refractivity contribution >= 4 is 12.0 Å².